The summed E-state index contributed by atoms with van der Waals surface area (Å²) in [5, 5.41) is 4.43. The van der Waals surface area contributed by atoms with Crippen molar-refractivity contribution in [2.45, 2.75) is 46.6 Å². The summed E-state index contributed by atoms with van der Waals surface area (Å²) >= 11 is 0. The van der Waals surface area contributed by atoms with E-state index in [1.807, 2.05) is 4.68 Å². The van der Waals surface area contributed by atoms with Crippen LogP contribution in [0.1, 0.15) is 40.4 Å². The Morgan fingerprint density at radius 2 is 2.08 bits per heavy atom. The van der Waals surface area contributed by atoms with Gasteiger partial charge in [-0.2, -0.15) is 5.10 Å². The van der Waals surface area contributed by atoms with Gasteiger partial charge in [0.25, 0.3) is 0 Å². The summed E-state index contributed by atoms with van der Waals surface area (Å²) in [6.45, 7) is 11.7. The van der Waals surface area contributed by atoms with E-state index >= 15 is 0 Å². The van der Waals surface area contributed by atoms with Crippen molar-refractivity contribution in [2.24, 2.45) is 5.92 Å². The van der Waals surface area contributed by atoms with Crippen molar-refractivity contribution in [2.75, 3.05) is 0 Å². The van der Waals surface area contributed by atoms with Crippen molar-refractivity contribution >= 4 is 0 Å². The molecule has 0 N–H and O–H groups in total. The first-order valence-electron chi connectivity index (χ1n) is 4.88. The molecule has 0 aromatic carbocycles. The van der Waals surface area contributed by atoms with E-state index in [9.17, 15) is 0 Å². The smallest absolute Gasteiger partial charge is 0.156 e. The summed E-state index contributed by atoms with van der Waals surface area (Å²) in [6, 6.07) is 0. The number of hydrogen-bond acceptors (Lipinski definition) is 2. The lowest BCUT2D eigenvalue weighted by atomic mass is 9.80. The molecule has 0 aliphatic heterocycles. The quantitative estimate of drug-likeness (QED) is 0.716. The van der Waals surface area contributed by atoms with E-state index in [-0.39, 0.29) is 5.41 Å². The zero-order chi connectivity index (χ0) is 10.1. The zero-order valence-electron chi connectivity index (χ0n) is 9.20. The van der Waals surface area contributed by atoms with E-state index < -0.39 is 0 Å². The van der Waals surface area contributed by atoms with Crippen molar-refractivity contribution in [1.82, 2.24) is 14.8 Å². The highest BCUT2D eigenvalue weighted by atomic mass is 15.3. The molecule has 0 bridgehead atoms. The highest BCUT2D eigenvalue weighted by Gasteiger charge is 2.28. The normalized spacial score (nSPS) is 12.5. The first kappa shape index (κ1) is 10.2. The average Bonchev–Trinajstić information content (AvgIpc) is 2.51. The van der Waals surface area contributed by atoms with Crippen LogP contribution in [-0.2, 0) is 12.0 Å². The van der Waals surface area contributed by atoms with Gasteiger partial charge in [0.1, 0.15) is 6.33 Å². The minimum absolute atomic E-state index is 0.0699. The van der Waals surface area contributed by atoms with Crippen LogP contribution in [0, 0.1) is 5.92 Å². The summed E-state index contributed by atoms with van der Waals surface area (Å²) < 4.78 is 1.87. The molecule has 1 rings (SSSR count). The van der Waals surface area contributed by atoms with Gasteiger partial charge in [-0.3, -0.25) is 4.68 Å². The van der Waals surface area contributed by atoms with Crippen LogP contribution in [0.5, 0.6) is 0 Å². The van der Waals surface area contributed by atoms with Crippen LogP contribution in [0.15, 0.2) is 6.33 Å². The lowest BCUT2D eigenvalue weighted by Gasteiger charge is -2.25. The Balaban J connectivity index is 2.93. The molecule has 0 spiro atoms. The van der Waals surface area contributed by atoms with E-state index in [4.69, 9.17) is 0 Å². The largest absolute Gasteiger partial charge is 0.253 e. The summed E-state index contributed by atoms with van der Waals surface area (Å²) in [6.07, 6.45) is 1.81. The summed E-state index contributed by atoms with van der Waals surface area (Å²) in [7, 11) is 0. The Hall–Kier alpha value is -0.860. The Bertz CT molecular complexity index is 273. The van der Waals surface area contributed by atoms with Crippen molar-refractivity contribution in [3.63, 3.8) is 0 Å². The Morgan fingerprint density at radius 1 is 1.46 bits per heavy atom. The average molecular weight is 181 g/mol. The van der Waals surface area contributed by atoms with Gasteiger partial charge >= 0.3 is 0 Å². The molecule has 13 heavy (non-hydrogen) atoms. The van der Waals surface area contributed by atoms with E-state index in [2.05, 4.69) is 44.7 Å². The molecule has 0 aliphatic carbocycles. The van der Waals surface area contributed by atoms with E-state index in [1.165, 1.54) is 0 Å². The highest BCUT2D eigenvalue weighted by molar-refractivity contribution is 5.03. The van der Waals surface area contributed by atoms with Crippen LogP contribution in [0.4, 0.5) is 0 Å². The second-order valence-electron chi connectivity index (χ2n) is 4.30. The van der Waals surface area contributed by atoms with Crippen LogP contribution in [0.3, 0.4) is 0 Å². The molecule has 0 unspecified atom stereocenters. The van der Waals surface area contributed by atoms with Gasteiger partial charge in [-0.25, -0.2) is 4.98 Å². The second kappa shape index (κ2) is 3.48. The molecular formula is C10H19N3. The van der Waals surface area contributed by atoms with Crippen molar-refractivity contribution in [3.8, 4) is 0 Å². The third-order valence-corrected chi connectivity index (χ3v) is 2.88. The Kier molecular flexibility index (Phi) is 2.74. The van der Waals surface area contributed by atoms with Gasteiger partial charge in [0.05, 0.1) is 0 Å². The Morgan fingerprint density at radius 3 is 2.46 bits per heavy atom. The van der Waals surface area contributed by atoms with E-state index in [0.717, 1.165) is 12.4 Å². The molecule has 0 radical (unpaired) electrons. The van der Waals surface area contributed by atoms with Gasteiger partial charge in [0, 0.05) is 12.0 Å². The minimum Gasteiger partial charge on any atom is -0.253 e. The molecule has 1 aromatic heterocycles. The molecule has 0 fully saturated rings. The number of aromatic nitrogens is 3. The molecule has 0 saturated carbocycles. The van der Waals surface area contributed by atoms with Gasteiger partial charge in [0.15, 0.2) is 5.82 Å². The predicted octanol–water partition coefficient (Wildman–Crippen LogP) is 2.23. The number of hydrogen-bond donors (Lipinski definition) is 0. The molecule has 1 aromatic rings. The number of nitrogens with zero attached hydrogens (tertiary/aromatic N) is 3. The van der Waals surface area contributed by atoms with Gasteiger partial charge in [-0.1, -0.05) is 27.7 Å². The van der Waals surface area contributed by atoms with Gasteiger partial charge < -0.3 is 0 Å². The summed E-state index contributed by atoms with van der Waals surface area (Å²) in [4.78, 5) is 4.33. The number of aryl methyl sites for hydroxylation is 1. The lowest BCUT2D eigenvalue weighted by Crippen LogP contribution is -2.26. The van der Waals surface area contributed by atoms with Crippen molar-refractivity contribution in [1.29, 1.82) is 0 Å². The van der Waals surface area contributed by atoms with Crippen molar-refractivity contribution in [3.05, 3.63) is 12.2 Å². The maximum Gasteiger partial charge on any atom is 0.156 e. The maximum atomic E-state index is 4.43. The van der Waals surface area contributed by atoms with Crippen molar-refractivity contribution < 1.29 is 0 Å². The molecular weight excluding hydrogens is 162 g/mol. The third kappa shape index (κ3) is 1.90. The molecule has 74 valence electrons. The monoisotopic (exact) mass is 181 g/mol. The molecule has 3 nitrogen and oxygen atoms in total. The summed E-state index contributed by atoms with van der Waals surface area (Å²) in [5.74, 6) is 1.50. The molecule has 0 atom stereocenters. The van der Waals surface area contributed by atoms with Crippen LogP contribution in [0.2, 0.25) is 0 Å². The highest BCUT2D eigenvalue weighted by Crippen LogP contribution is 2.27. The molecule has 0 saturated heterocycles. The van der Waals surface area contributed by atoms with E-state index in [0.29, 0.717) is 5.92 Å². The van der Waals surface area contributed by atoms with E-state index in [1.54, 1.807) is 6.33 Å². The minimum atomic E-state index is 0.0699. The molecule has 0 aliphatic rings. The van der Waals surface area contributed by atoms with Crippen LogP contribution in [-0.4, -0.2) is 14.8 Å². The van der Waals surface area contributed by atoms with Crippen LogP contribution >= 0.6 is 0 Å². The van der Waals surface area contributed by atoms with Gasteiger partial charge in [0.2, 0.25) is 0 Å². The van der Waals surface area contributed by atoms with Crippen LogP contribution < -0.4 is 0 Å². The van der Waals surface area contributed by atoms with Crippen LogP contribution in [0.25, 0.3) is 0 Å². The molecule has 1 heterocycles. The summed E-state index contributed by atoms with van der Waals surface area (Å²) in [5.41, 5.74) is 0.0699. The third-order valence-electron chi connectivity index (χ3n) is 2.88. The SMILES string of the molecule is CCn1cnc(C(C)(C)C(C)C)n1. The topological polar surface area (TPSA) is 30.7 Å². The first-order valence-corrected chi connectivity index (χ1v) is 4.88. The molecule has 0 amide bonds. The number of rotatable bonds is 3. The predicted molar refractivity (Wildman–Crippen MR) is 53.6 cm³/mol. The molecule has 3 heteroatoms. The fourth-order valence-corrected chi connectivity index (χ4v) is 1.00. The lowest BCUT2D eigenvalue weighted by molar-refractivity contribution is 0.349. The zero-order valence-corrected chi connectivity index (χ0v) is 9.20. The van der Waals surface area contributed by atoms with Gasteiger partial charge in [-0.05, 0) is 12.8 Å². The standard InChI is InChI=1S/C10H19N3/c1-6-13-7-11-9(12-13)10(4,5)8(2)3/h7-8H,6H2,1-5H3. The second-order valence-corrected chi connectivity index (χ2v) is 4.30. The maximum absolute atomic E-state index is 4.43. The fourth-order valence-electron chi connectivity index (χ4n) is 1.00. The first-order chi connectivity index (χ1) is 5.98. The fraction of sp³-hybridized carbons (Fsp3) is 0.800. The Labute approximate surface area is 80.2 Å². The van der Waals surface area contributed by atoms with Gasteiger partial charge in [-0.15, -0.1) is 0 Å².